The van der Waals surface area contributed by atoms with E-state index < -0.39 is 4.92 Å². The maximum Gasteiger partial charge on any atom is 0.270 e. The number of nitro benzene ring substituents is 1. The van der Waals surface area contributed by atoms with Crippen LogP contribution in [-0.4, -0.2) is 22.3 Å². The van der Waals surface area contributed by atoms with Crippen molar-refractivity contribution in [2.45, 2.75) is 13.0 Å². The summed E-state index contributed by atoms with van der Waals surface area (Å²) in [6.45, 7) is 1.20. The fourth-order valence-corrected chi connectivity index (χ4v) is 3.53. The van der Waals surface area contributed by atoms with Gasteiger partial charge in [0.15, 0.2) is 0 Å². The minimum absolute atomic E-state index is 0.115. The molecule has 0 atom stereocenters. The molecule has 2 aromatic rings. The predicted molar refractivity (Wildman–Crippen MR) is 80.9 cm³/mol. The number of amides is 1. The largest absolute Gasteiger partial charge is 0.334 e. The van der Waals surface area contributed by atoms with E-state index in [-0.39, 0.29) is 16.6 Å². The molecule has 0 aliphatic carbocycles. The average Bonchev–Trinajstić information content (AvgIpc) is 2.93. The number of hydrogen-bond acceptors (Lipinski definition) is 4. The Morgan fingerprint density at radius 2 is 2.19 bits per heavy atom. The highest BCUT2D eigenvalue weighted by molar-refractivity contribution is 7.10. The van der Waals surface area contributed by atoms with Crippen molar-refractivity contribution < 1.29 is 9.72 Å². The molecule has 108 valence electrons. The number of benzene rings is 1. The van der Waals surface area contributed by atoms with Gasteiger partial charge < -0.3 is 4.90 Å². The number of carbonyl (C=O) groups is 1. The van der Waals surface area contributed by atoms with Crippen LogP contribution in [0.5, 0.6) is 0 Å². The van der Waals surface area contributed by atoms with Gasteiger partial charge in [-0.3, -0.25) is 14.9 Å². The highest BCUT2D eigenvalue weighted by Crippen LogP contribution is 2.28. The number of fused-ring (bicyclic) bond motifs is 1. The molecular weight excluding hydrogens is 312 g/mol. The Hall–Kier alpha value is -1.92. The van der Waals surface area contributed by atoms with Crippen molar-refractivity contribution in [3.8, 4) is 0 Å². The number of carbonyl (C=O) groups excluding carboxylic acids is 1. The summed E-state index contributed by atoms with van der Waals surface area (Å²) >= 11 is 7.72. The van der Waals surface area contributed by atoms with Crippen LogP contribution in [0.25, 0.3) is 0 Å². The summed E-state index contributed by atoms with van der Waals surface area (Å²) in [7, 11) is 0. The lowest BCUT2D eigenvalue weighted by Crippen LogP contribution is -2.35. The smallest absolute Gasteiger partial charge is 0.270 e. The number of nitrogens with zero attached hydrogens (tertiary/aromatic N) is 2. The van der Waals surface area contributed by atoms with Gasteiger partial charge in [0, 0.05) is 30.1 Å². The molecule has 1 aliphatic heterocycles. The molecule has 1 amide bonds. The van der Waals surface area contributed by atoms with Crippen LogP contribution in [0.15, 0.2) is 29.6 Å². The minimum Gasteiger partial charge on any atom is -0.334 e. The molecule has 7 heteroatoms. The number of non-ortho nitro benzene ring substituents is 1. The molecule has 0 N–H and O–H groups in total. The molecule has 1 aromatic heterocycles. The summed E-state index contributed by atoms with van der Waals surface area (Å²) in [4.78, 5) is 25.7. The molecular formula is C14H11ClN2O3S. The van der Waals surface area contributed by atoms with Gasteiger partial charge in [0.25, 0.3) is 11.6 Å². The van der Waals surface area contributed by atoms with Gasteiger partial charge in [-0.05, 0) is 29.5 Å². The van der Waals surface area contributed by atoms with E-state index in [2.05, 4.69) is 0 Å². The number of halogens is 1. The molecule has 1 aliphatic rings. The van der Waals surface area contributed by atoms with Gasteiger partial charge in [0.1, 0.15) is 0 Å². The van der Waals surface area contributed by atoms with Crippen LogP contribution in [0.1, 0.15) is 20.8 Å². The van der Waals surface area contributed by atoms with Gasteiger partial charge in [-0.25, -0.2) is 0 Å². The van der Waals surface area contributed by atoms with E-state index in [9.17, 15) is 14.9 Å². The van der Waals surface area contributed by atoms with E-state index in [0.717, 1.165) is 12.0 Å². The fourth-order valence-electron chi connectivity index (χ4n) is 2.38. The van der Waals surface area contributed by atoms with Gasteiger partial charge in [0.2, 0.25) is 0 Å². The highest BCUT2D eigenvalue weighted by Gasteiger charge is 2.24. The summed E-state index contributed by atoms with van der Waals surface area (Å²) in [6, 6.07) is 5.97. The molecule has 0 fully saturated rings. The van der Waals surface area contributed by atoms with Gasteiger partial charge in [-0.2, -0.15) is 0 Å². The maximum atomic E-state index is 12.5. The molecule has 0 spiro atoms. The third-order valence-corrected chi connectivity index (χ3v) is 4.82. The van der Waals surface area contributed by atoms with Crippen LogP contribution in [0.2, 0.25) is 5.02 Å². The second-order valence-electron chi connectivity index (χ2n) is 4.77. The summed E-state index contributed by atoms with van der Waals surface area (Å²) < 4.78 is 0. The first-order valence-corrected chi connectivity index (χ1v) is 7.60. The van der Waals surface area contributed by atoms with Gasteiger partial charge in [-0.1, -0.05) is 11.6 Å². The van der Waals surface area contributed by atoms with Crippen molar-refractivity contribution in [2.24, 2.45) is 0 Å². The van der Waals surface area contributed by atoms with Crippen molar-refractivity contribution in [3.63, 3.8) is 0 Å². The molecule has 0 radical (unpaired) electrons. The predicted octanol–water partition coefficient (Wildman–Crippen LogP) is 3.51. The van der Waals surface area contributed by atoms with Crippen LogP contribution in [0.4, 0.5) is 5.69 Å². The Morgan fingerprint density at radius 3 is 2.90 bits per heavy atom. The van der Waals surface area contributed by atoms with Gasteiger partial charge in [-0.15, -0.1) is 11.3 Å². The van der Waals surface area contributed by atoms with Crippen molar-refractivity contribution >= 4 is 34.5 Å². The van der Waals surface area contributed by atoms with Crippen LogP contribution in [-0.2, 0) is 13.0 Å². The van der Waals surface area contributed by atoms with Crippen LogP contribution in [0, 0.1) is 10.1 Å². The summed E-state index contributed by atoms with van der Waals surface area (Å²) in [5.74, 6) is -0.188. The third-order valence-electron chi connectivity index (χ3n) is 3.49. The highest BCUT2D eigenvalue weighted by atomic mass is 35.5. The van der Waals surface area contributed by atoms with Gasteiger partial charge in [0.05, 0.1) is 15.5 Å². The Kier molecular flexibility index (Phi) is 3.65. The maximum absolute atomic E-state index is 12.5. The van der Waals surface area contributed by atoms with Gasteiger partial charge >= 0.3 is 0 Å². The van der Waals surface area contributed by atoms with E-state index >= 15 is 0 Å². The quantitative estimate of drug-likeness (QED) is 0.628. The molecule has 2 heterocycles. The lowest BCUT2D eigenvalue weighted by molar-refractivity contribution is -0.384. The summed E-state index contributed by atoms with van der Waals surface area (Å²) in [5, 5.41) is 12.8. The normalized spacial score (nSPS) is 13.9. The van der Waals surface area contributed by atoms with E-state index in [1.54, 1.807) is 16.2 Å². The lowest BCUT2D eigenvalue weighted by Gasteiger charge is -2.27. The fraction of sp³-hybridized carbons (Fsp3) is 0.214. The second-order valence-corrected chi connectivity index (χ2v) is 6.17. The molecule has 0 unspecified atom stereocenters. The standard InChI is InChI=1S/C14H11ClN2O3S/c15-12-7-10(17(19)20)1-2-11(12)14(18)16-5-3-13-9(8-16)4-6-21-13/h1-2,4,6-7H,3,5,8H2. The first-order valence-electron chi connectivity index (χ1n) is 6.34. The summed E-state index contributed by atoms with van der Waals surface area (Å²) in [6.07, 6.45) is 0.837. The topological polar surface area (TPSA) is 63.4 Å². The van der Waals surface area contributed by atoms with Crippen molar-refractivity contribution in [1.29, 1.82) is 0 Å². The Balaban J connectivity index is 1.85. The Morgan fingerprint density at radius 1 is 1.38 bits per heavy atom. The molecule has 3 rings (SSSR count). The first-order chi connectivity index (χ1) is 10.1. The van der Waals surface area contributed by atoms with E-state index in [1.165, 1.54) is 23.1 Å². The second kappa shape index (κ2) is 5.46. The van der Waals surface area contributed by atoms with Crippen molar-refractivity contribution in [2.75, 3.05) is 6.54 Å². The van der Waals surface area contributed by atoms with Crippen molar-refractivity contribution in [1.82, 2.24) is 4.90 Å². The SMILES string of the molecule is O=C(c1ccc([N+](=O)[O-])cc1Cl)N1CCc2sccc2C1. The Bertz CT molecular complexity index is 729. The van der Waals surface area contributed by atoms with E-state index in [0.29, 0.717) is 18.7 Å². The van der Waals surface area contributed by atoms with Crippen LogP contribution >= 0.6 is 22.9 Å². The zero-order valence-electron chi connectivity index (χ0n) is 10.9. The number of hydrogen-bond donors (Lipinski definition) is 0. The van der Waals surface area contributed by atoms with E-state index in [1.807, 2.05) is 11.4 Å². The Labute approximate surface area is 129 Å². The molecule has 1 aromatic carbocycles. The lowest BCUT2D eigenvalue weighted by atomic mass is 10.1. The first kappa shape index (κ1) is 14.0. The van der Waals surface area contributed by atoms with Crippen molar-refractivity contribution in [3.05, 3.63) is 60.8 Å². The summed E-state index contributed by atoms with van der Waals surface area (Å²) in [5.41, 5.74) is 1.36. The molecule has 21 heavy (non-hydrogen) atoms. The molecule has 0 saturated heterocycles. The average molecular weight is 323 g/mol. The third kappa shape index (κ3) is 2.64. The van der Waals surface area contributed by atoms with Crippen LogP contribution in [0.3, 0.4) is 0 Å². The number of nitro groups is 1. The molecule has 0 bridgehead atoms. The van der Waals surface area contributed by atoms with Crippen LogP contribution < -0.4 is 0 Å². The molecule has 5 nitrogen and oxygen atoms in total. The monoisotopic (exact) mass is 322 g/mol. The van der Waals surface area contributed by atoms with E-state index in [4.69, 9.17) is 11.6 Å². The minimum atomic E-state index is -0.529. The number of rotatable bonds is 2. The molecule has 0 saturated carbocycles. The zero-order chi connectivity index (χ0) is 15.0. The number of thiophene rings is 1. The zero-order valence-corrected chi connectivity index (χ0v) is 12.5.